The lowest BCUT2D eigenvalue weighted by Crippen LogP contribution is -2.43. The molecule has 1 aliphatic heterocycles. The van der Waals surface area contributed by atoms with Gasteiger partial charge in [-0.3, -0.25) is 9.59 Å². The zero-order chi connectivity index (χ0) is 13.0. The number of carbonyl (C=O) groups excluding carboxylic acids is 1. The highest BCUT2D eigenvalue weighted by Crippen LogP contribution is 2.31. The third-order valence-electron chi connectivity index (χ3n) is 3.56. The van der Waals surface area contributed by atoms with Crippen molar-refractivity contribution in [3.8, 4) is 0 Å². The maximum atomic E-state index is 11.9. The average molecular weight is 257 g/mol. The molecule has 2 rings (SSSR count). The van der Waals surface area contributed by atoms with Crippen molar-refractivity contribution >= 4 is 11.9 Å². The van der Waals surface area contributed by atoms with E-state index in [1.54, 1.807) is 0 Å². The van der Waals surface area contributed by atoms with Gasteiger partial charge >= 0.3 is 5.97 Å². The molecule has 0 aromatic carbocycles. The number of amides is 1. The fourth-order valence-electron chi connectivity index (χ4n) is 2.57. The Morgan fingerprint density at radius 3 is 2.67 bits per heavy atom. The number of nitrogens with one attached hydrogen (secondary N) is 1. The Bertz CT molecular complexity index is 314. The van der Waals surface area contributed by atoms with E-state index in [0.717, 1.165) is 6.42 Å². The molecule has 0 aromatic rings. The molecule has 2 N–H and O–H groups in total. The zero-order valence-electron chi connectivity index (χ0n) is 10.3. The average Bonchev–Trinajstić information content (AvgIpc) is 2.86. The molecule has 18 heavy (non-hydrogen) atoms. The van der Waals surface area contributed by atoms with Gasteiger partial charge in [-0.25, -0.2) is 0 Å². The maximum Gasteiger partial charge on any atom is 0.307 e. The summed E-state index contributed by atoms with van der Waals surface area (Å²) in [6.07, 6.45) is 1.94. The number of carbonyl (C=O) groups is 2. The second-order valence-corrected chi connectivity index (χ2v) is 4.79. The van der Waals surface area contributed by atoms with E-state index < -0.39 is 17.8 Å². The van der Waals surface area contributed by atoms with E-state index in [1.807, 2.05) is 0 Å². The van der Waals surface area contributed by atoms with Gasteiger partial charge in [0.05, 0.1) is 37.8 Å². The summed E-state index contributed by atoms with van der Waals surface area (Å²) in [6.45, 7) is 2.00. The van der Waals surface area contributed by atoms with Crippen molar-refractivity contribution in [1.82, 2.24) is 5.32 Å². The van der Waals surface area contributed by atoms with Crippen LogP contribution in [0.4, 0.5) is 0 Å². The molecule has 0 radical (unpaired) electrons. The second kappa shape index (κ2) is 6.15. The van der Waals surface area contributed by atoms with Crippen molar-refractivity contribution in [2.24, 2.45) is 11.8 Å². The van der Waals surface area contributed by atoms with Crippen molar-refractivity contribution in [3.05, 3.63) is 0 Å². The molecule has 0 bridgehead atoms. The van der Waals surface area contributed by atoms with E-state index in [-0.39, 0.29) is 12.0 Å². The van der Waals surface area contributed by atoms with E-state index >= 15 is 0 Å². The van der Waals surface area contributed by atoms with Crippen LogP contribution in [0.3, 0.4) is 0 Å². The minimum absolute atomic E-state index is 0.118. The highest BCUT2D eigenvalue weighted by Gasteiger charge is 2.37. The fourth-order valence-corrected chi connectivity index (χ4v) is 2.57. The zero-order valence-corrected chi connectivity index (χ0v) is 10.3. The molecule has 3 atom stereocenters. The number of ether oxygens (including phenoxy) is 2. The predicted octanol–water partition coefficient (Wildman–Crippen LogP) is 0.0189. The van der Waals surface area contributed by atoms with Crippen LogP contribution in [0.2, 0.25) is 0 Å². The van der Waals surface area contributed by atoms with Crippen molar-refractivity contribution in [2.75, 3.05) is 26.4 Å². The fraction of sp³-hybridized carbons (Fsp3) is 0.833. The van der Waals surface area contributed by atoms with Crippen molar-refractivity contribution in [3.63, 3.8) is 0 Å². The number of carboxylic acids is 1. The van der Waals surface area contributed by atoms with Gasteiger partial charge in [0.15, 0.2) is 0 Å². The van der Waals surface area contributed by atoms with Crippen LogP contribution in [0.1, 0.15) is 19.3 Å². The molecule has 6 nitrogen and oxygen atoms in total. The van der Waals surface area contributed by atoms with Crippen LogP contribution in [0.15, 0.2) is 0 Å². The Labute approximate surface area is 106 Å². The van der Waals surface area contributed by atoms with E-state index in [1.165, 1.54) is 0 Å². The van der Waals surface area contributed by atoms with Crippen LogP contribution in [0, 0.1) is 11.8 Å². The Kier molecular flexibility index (Phi) is 4.54. The van der Waals surface area contributed by atoms with Crippen molar-refractivity contribution in [2.45, 2.75) is 25.4 Å². The van der Waals surface area contributed by atoms with Crippen LogP contribution in [0.5, 0.6) is 0 Å². The third kappa shape index (κ3) is 3.20. The summed E-state index contributed by atoms with van der Waals surface area (Å²) in [6, 6.07) is 0. The molecule has 1 heterocycles. The van der Waals surface area contributed by atoms with Gasteiger partial charge in [-0.15, -0.1) is 0 Å². The molecule has 1 saturated carbocycles. The minimum Gasteiger partial charge on any atom is -0.481 e. The number of hydrogen-bond acceptors (Lipinski definition) is 4. The van der Waals surface area contributed by atoms with Crippen LogP contribution in [-0.2, 0) is 19.1 Å². The number of hydrogen-bond donors (Lipinski definition) is 2. The predicted molar refractivity (Wildman–Crippen MR) is 62.0 cm³/mol. The van der Waals surface area contributed by atoms with Gasteiger partial charge in [-0.2, -0.15) is 0 Å². The van der Waals surface area contributed by atoms with Gasteiger partial charge in [-0.1, -0.05) is 6.42 Å². The topological polar surface area (TPSA) is 84.9 Å². The molecule has 0 aromatic heterocycles. The lowest BCUT2D eigenvalue weighted by Gasteiger charge is -2.24. The highest BCUT2D eigenvalue weighted by molar-refractivity contribution is 5.85. The van der Waals surface area contributed by atoms with Crippen LogP contribution in [0.25, 0.3) is 0 Å². The quantitative estimate of drug-likeness (QED) is 0.741. The standard InChI is InChI=1S/C12H19NO5/c14-11(9-2-1-3-10(9)12(15)16)13-6-8-7-17-4-5-18-8/h8-10H,1-7H2,(H,13,14)(H,15,16)/t8?,9-,10+/m1/s1. The number of rotatable bonds is 4. The Morgan fingerprint density at radius 2 is 2.00 bits per heavy atom. The van der Waals surface area contributed by atoms with Crippen molar-refractivity contribution in [1.29, 1.82) is 0 Å². The SMILES string of the molecule is O=C(O)[C@H]1CCC[C@H]1C(=O)NCC1COCCO1. The number of carboxylic acid groups (broad SMARTS) is 1. The molecule has 1 amide bonds. The normalized spacial score (nSPS) is 32.1. The first kappa shape index (κ1) is 13.3. The van der Waals surface area contributed by atoms with Gasteiger partial charge in [0, 0.05) is 6.54 Å². The lowest BCUT2D eigenvalue weighted by atomic mass is 9.95. The molecule has 1 saturated heterocycles. The van der Waals surface area contributed by atoms with E-state index in [0.29, 0.717) is 39.2 Å². The molecule has 6 heteroatoms. The van der Waals surface area contributed by atoms with Crippen LogP contribution < -0.4 is 5.32 Å². The minimum atomic E-state index is -0.870. The summed E-state index contributed by atoms with van der Waals surface area (Å²) in [7, 11) is 0. The van der Waals surface area contributed by atoms with E-state index in [9.17, 15) is 9.59 Å². The second-order valence-electron chi connectivity index (χ2n) is 4.79. The Hall–Kier alpha value is -1.14. The molecule has 102 valence electrons. The van der Waals surface area contributed by atoms with Gasteiger partial charge < -0.3 is 19.9 Å². The van der Waals surface area contributed by atoms with E-state index in [2.05, 4.69) is 5.32 Å². The van der Waals surface area contributed by atoms with Crippen LogP contribution >= 0.6 is 0 Å². The maximum absolute atomic E-state index is 11.9. The van der Waals surface area contributed by atoms with Gasteiger partial charge in [-0.05, 0) is 12.8 Å². The number of aliphatic carboxylic acids is 1. The third-order valence-corrected chi connectivity index (χ3v) is 3.56. The first-order valence-corrected chi connectivity index (χ1v) is 6.38. The molecule has 0 spiro atoms. The molecular weight excluding hydrogens is 238 g/mol. The Morgan fingerprint density at radius 1 is 1.22 bits per heavy atom. The highest BCUT2D eigenvalue weighted by atomic mass is 16.6. The molecule has 1 unspecified atom stereocenters. The Balaban J connectivity index is 1.78. The molecular formula is C12H19NO5. The summed E-state index contributed by atoms with van der Waals surface area (Å²) in [4.78, 5) is 22.9. The summed E-state index contributed by atoms with van der Waals surface area (Å²) in [5, 5.41) is 11.8. The van der Waals surface area contributed by atoms with Crippen molar-refractivity contribution < 1.29 is 24.2 Å². The largest absolute Gasteiger partial charge is 0.481 e. The first-order chi connectivity index (χ1) is 8.68. The summed E-state index contributed by atoms with van der Waals surface area (Å²) < 4.78 is 10.6. The summed E-state index contributed by atoms with van der Waals surface area (Å²) in [5.74, 6) is -1.97. The summed E-state index contributed by atoms with van der Waals surface area (Å²) in [5.41, 5.74) is 0. The monoisotopic (exact) mass is 257 g/mol. The molecule has 1 aliphatic carbocycles. The first-order valence-electron chi connectivity index (χ1n) is 6.38. The molecule has 2 fully saturated rings. The smallest absolute Gasteiger partial charge is 0.307 e. The molecule has 2 aliphatic rings. The lowest BCUT2D eigenvalue weighted by molar-refractivity contribution is -0.146. The van der Waals surface area contributed by atoms with Gasteiger partial charge in [0.25, 0.3) is 0 Å². The summed E-state index contributed by atoms with van der Waals surface area (Å²) >= 11 is 0. The van der Waals surface area contributed by atoms with Crippen LogP contribution in [-0.4, -0.2) is 49.5 Å². The van der Waals surface area contributed by atoms with E-state index in [4.69, 9.17) is 14.6 Å². The van der Waals surface area contributed by atoms with Gasteiger partial charge in [0.1, 0.15) is 0 Å². The van der Waals surface area contributed by atoms with Gasteiger partial charge in [0.2, 0.25) is 5.91 Å².